The van der Waals surface area contributed by atoms with E-state index in [9.17, 15) is 4.39 Å². The Morgan fingerprint density at radius 1 is 1.25 bits per heavy atom. The van der Waals surface area contributed by atoms with E-state index in [0.29, 0.717) is 6.04 Å². The molecule has 0 radical (unpaired) electrons. The van der Waals surface area contributed by atoms with Crippen LogP contribution in [0.25, 0.3) is 10.6 Å². The molecule has 0 bridgehead atoms. The van der Waals surface area contributed by atoms with E-state index in [2.05, 4.69) is 20.4 Å². The standard InChI is InChI=1S/C17H18FN5S/c18-14-5-3-13(4-6-14)17-21-15(10-24-17)8-22-7-1-2-16(22)9-23-12-19-11-20-23/h3-6,10-12,16H,1-2,7-9H2. The van der Waals surface area contributed by atoms with E-state index in [-0.39, 0.29) is 5.82 Å². The van der Waals surface area contributed by atoms with Crippen LogP contribution in [-0.4, -0.2) is 37.2 Å². The second-order valence-corrected chi connectivity index (χ2v) is 6.89. The predicted octanol–water partition coefficient (Wildman–Crippen LogP) is 3.21. The summed E-state index contributed by atoms with van der Waals surface area (Å²) in [5.74, 6) is -0.219. The zero-order valence-corrected chi connectivity index (χ0v) is 14.0. The van der Waals surface area contributed by atoms with Gasteiger partial charge in [0.05, 0.1) is 12.2 Å². The van der Waals surface area contributed by atoms with Gasteiger partial charge in [0, 0.05) is 23.5 Å². The fraction of sp³-hybridized carbons (Fsp3) is 0.353. The third-order valence-corrected chi connectivity index (χ3v) is 5.31. The van der Waals surface area contributed by atoms with Gasteiger partial charge in [-0.05, 0) is 43.7 Å². The van der Waals surface area contributed by atoms with Gasteiger partial charge in [0.1, 0.15) is 23.5 Å². The number of aromatic nitrogens is 4. The van der Waals surface area contributed by atoms with E-state index in [1.807, 2.05) is 4.68 Å². The minimum Gasteiger partial charge on any atom is -0.293 e. The number of hydrogen-bond acceptors (Lipinski definition) is 5. The van der Waals surface area contributed by atoms with Crippen LogP contribution >= 0.6 is 11.3 Å². The highest BCUT2D eigenvalue weighted by molar-refractivity contribution is 7.13. The Hall–Kier alpha value is -2.12. The van der Waals surface area contributed by atoms with Crippen LogP contribution in [0, 0.1) is 5.82 Å². The smallest absolute Gasteiger partial charge is 0.137 e. The molecule has 0 spiro atoms. The van der Waals surface area contributed by atoms with Gasteiger partial charge in [-0.3, -0.25) is 9.58 Å². The fourth-order valence-electron chi connectivity index (χ4n) is 3.17. The van der Waals surface area contributed by atoms with Crippen LogP contribution in [0.5, 0.6) is 0 Å². The highest BCUT2D eigenvalue weighted by Crippen LogP contribution is 2.26. The van der Waals surface area contributed by atoms with Crippen molar-refractivity contribution >= 4 is 11.3 Å². The van der Waals surface area contributed by atoms with Gasteiger partial charge in [0.15, 0.2) is 0 Å². The Bertz CT molecular complexity index is 784. The summed E-state index contributed by atoms with van der Waals surface area (Å²) in [6, 6.07) is 6.99. The summed E-state index contributed by atoms with van der Waals surface area (Å²) in [7, 11) is 0. The van der Waals surface area contributed by atoms with Gasteiger partial charge in [0.2, 0.25) is 0 Å². The topological polar surface area (TPSA) is 46.8 Å². The molecule has 1 saturated heterocycles. The van der Waals surface area contributed by atoms with Crippen LogP contribution in [0.3, 0.4) is 0 Å². The van der Waals surface area contributed by atoms with Crippen molar-refractivity contribution in [2.24, 2.45) is 0 Å². The highest BCUT2D eigenvalue weighted by atomic mass is 32.1. The molecule has 2 aromatic heterocycles. The summed E-state index contributed by atoms with van der Waals surface area (Å²) in [5, 5.41) is 7.25. The Morgan fingerprint density at radius 3 is 2.92 bits per heavy atom. The molecular formula is C17H18FN5S. The zero-order valence-electron chi connectivity index (χ0n) is 13.2. The number of rotatable bonds is 5. The minimum atomic E-state index is -0.219. The van der Waals surface area contributed by atoms with E-state index < -0.39 is 0 Å². The molecule has 1 unspecified atom stereocenters. The molecule has 3 heterocycles. The van der Waals surface area contributed by atoms with Crippen LogP contribution in [0.15, 0.2) is 42.3 Å². The molecule has 3 aromatic rings. The largest absolute Gasteiger partial charge is 0.293 e. The van der Waals surface area contributed by atoms with Gasteiger partial charge in [-0.2, -0.15) is 5.10 Å². The summed E-state index contributed by atoms with van der Waals surface area (Å²) in [5.41, 5.74) is 2.04. The Balaban J connectivity index is 1.44. The second-order valence-electron chi connectivity index (χ2n) is 6.03. The average molecular weight is 343 g/mol. The number of thiazole rings is 1. The molecule has 1 aromatic carbocycles. The van der Waals surface area contributed by atoms with Crippen LogP contribution < -0.4 is 0 Å². The zero-order chi connectivity index (χ0) is 16.4. The number of likely N-dealkylation sites (tertiary alicyclic amines) is 1. The summed E-state index contributed by atoms with van der Waals surface area (Å²) in [6.07, 6.45) is 5.73. The van der Waals surface area contributed by atoms with Crippen molar-refractivity contribution in [1.82, 2.24) is 24.6 Å². The molecule has 1 aliphatic heterocycles. The molecule has 1 aliphatic rings. The lowest BCUT2D eigenvalue weighted by Crippen LogP contribution is -2.32. The average Bonchev–Trinajstić information content (AvgIpc) is 3.32. The highest BCUT2D eigenvalue weighted by Gasteiger charge is 2.25. The molecule has 24 heavy (non-hydrogen) atoms. The molecule has 0 saturated carbocycles. The lowest BCUT2D eigenvalue weighted by Gasteiger charge is -2.23. The van der Waals surface area contributed by atoms with Crippen molar-refractivity contribution in [3.63, 3.8) is 0 Å². The van der Waals surface area contributed by atoms with Crippen molar-refractivity contribution in [3.05, 3.63) is 53.8 Å². The van der Waals surface area contributed by atoms with Crippen molar-refractivity contribution in [2.75, 3.05) is 6.54 Å². The van der Waals surface area contributed by atoms with E-state index in [4.69, 9.17) is 4.98 Å². The molecule has 0 N–H and O–H groups in total. The van der Waals surface area contributed by atoms with Gasteiger partial charge in [-0.15, -0.1) is 11.3 Å². The number of nitrogens with zero attached hydrogens (tertiary/aromatic N) is 5. The first-order valence-corrected chi connectivity index (χ1v) is 8.93. The monoisotopic (exact) mass is 343 g/mol. The van der Waals surface area contributed by atoms with Gasteiger partial charge in [0.25, 0.3) is 0 Å². The van der Waals surface area contributed by atoms with E-state index in [0.717, 1.165) is 35.9 Å². The van der Waals surface area contributed by atoms with E-state index >= 15 is 0 Å². The normalized spacial score (nSPS) is 18.3. The molecule has 7 heteroatoms. The summed E-state index contributed by atoms with van der Waals surface area (Å²) < 4.78 is 14.9. The first-order valence-electron chi connectivity index (χ1n) is 8.05. The predicted molar refractivity (Wildman–Crippen MR) is 91.0 cm³/mol. The summed E-state index contributed by atoms with van der Waals surface area (Å²) in [6.45, 7) is 2.80. The van der Waals surface area contributed by atoms with E-state index in [1.165, 1.54) is 25.0 Å². The Morgan fingerprint density at radius 2 is 2.12 bits per heavy atom. The quantitative estimate of drug-likeness (QED) is 0.714. The van der Waals surface area contributed by atoms with E-state index in [1.54, 1.807) is 36.1 Å². The SMILES string of the molecule is Fc1ccc(-c2nc(CN3CCCC3Cn3cncn3)cs2)cc1. The maximum atomic E-state index is 13.0. The molecule has 124 valence electrons. The lowest BCUT2D eigenvalue weighted by molar-refractivity contribution is 0.217. The van der Waals surface area contributed by atoms with Crippen molar-refractivity contribution < 1.29 is 4.39 Å². The minimum absolute atomic E-state index is 0.219. The van der Waals surface area contributed by atoms with Gasteiger partial charge in [-0.25, -0.2) is 14.4 Å². The van der Waals surface area contributed by atoms with Crippen molar-refractivity contribution in [1.29, 1.82) is 0 Å². The molecule has 4 rings (SSSR count). The number of halogens is 1. The first kappa shape index (κ1) is 15.4. The van der Waals surface area contributed by atoms with Gasteiger partial charge < -0.3 is 0 Å². The van der Waals surface area contributed by atoms with Crippen LogP contribution in [-0.2, 0) is 13.1 Å². The lowest BCUT2D eigenvalue weighted by atomic mass is 10.2. The fourth-order valence-corrected chi connectivity index (χ4v) is 3.98. The molecule has 0 amide bonds. The number of benzene rings is 1. The van der Waals surface area contributed by atoms with Crippen LogP contribution in [0.4, 0.5) is 4.39 Å². The molecule has 1 atom stereocenters. The molecule has 1 fully saturated rings. The maximum Gasteiger partial charge on any atom is 0.137 e. The Kier molecular flexibility index (Phi) is 4.36. The Labute approximate surface area is 143 Å². The van der Waals surface area contributed by atoms with Gasteiger partial charge in [-0.1, -0.05) is 0 Å². The third kappa shape index (κ3) is 3.37. The molecular weight excluding hydrogens is 325 g/mol. The van der Waals surface area contributed by atoms with Crippen LogP contribution in [0.2, 0.25) is 0 Å². The third-order valence-electron chi connectivity index (χ3n) is 4.37. The van der Waals surface area contributed by atoms with Gasteiger partial charge >= 0.3 is 0 Å². The summed E-state index contributed by atoms with van der Waals surface area (Å²) >= 11 is 1.61. The maximum absolute atomic E-state index is 13.0. The first-order chi connectivity index (χ1) is 11.8. The summed E-state index contributed by atoms with van der Waals surface area (Å²) in [4.78, 5) is 11.2. The van der Waals surface area contributed by atoms with Crippen molar-refractivity contribution in [2.45, 2.75) is 32.0 Å². The molecule has 5 nitrogen and oxygen atoms in total. The number of hydrogen-bond donors (Lipinski definition) is 0. The van der Waals surface area contributed by atoms with Crippen LogP contribution in [0.1, 0.15) is 18.5 Å². The molecule has 0 aliphatic carbocycles. The van der Waals surface area contributed by atoms with Crippen molar-refractivity contribution in [3.8, 4) is 10.6 Å². The second kappa shape index (κ2) is 6.78.